The molecule has 1 aromatic heterocycles. The lowest BCUT2D eigenvalue weighted by molar-refractivity contribution is 0.102. The van der Waals surface area contributed by atoms with Gasteiger partial charge in [-0.1, -0.05) is 17.3 Å². The number of carbonyl (C=O) groups excluding carboxylic acids is 1. The highest BCUT2D eigenvalue weighted by Gasteiger charge is 2.23. The molecule has 5 nitrogen and oxygen atoms in total. The van der Waals surface area contributed by atoms with E-state index in [1.54, 1.807) is 7.05 Å². The zero-order valence-electron chi connectivity index (χ0n) is 10.5. The predicted octanol–water partition coefficient (Wildman–Crippen LogP) is 2.17. The van der Waals surface area contributed by atoms with Crippen LogP contribution in [0.4, 0.5) is 5.69 Å². The summed E-state index contributed by atoms with van der Waals surface area (Å²) in [6.07, 6.45) is 1.97. The van der Waals surface area contributed by atoms with Gasteiger partial charge in [0.25, 0.3) is 0 Å². The molecule has 19 heavy (non-hydrogen) atoms. The molecule has 2 heterocycles. The van der Waals surface area contributed by atoms with Crippen LogP contribution in [-0.2, 0) is 13.5 Å². The molecule has 98 valence electrons. The zero-order valence-corrected chi connectivity index (χ0v) is 12.1. The minimum absolute atomic E-state index is 0.0417. The predicted molar refractivity (Wildman–Crippen MR) is 75.4 cm³/mol. The number of fused-ring (bicyclic) bond motifs is 1. The van der Waals surface area contributed by atoms with E-state index in [0.717, 1.165) is 36.2 Å². The fraction of sp³-hybridized carbons (Fsp3) is 0.308. The molecule has 0 saturated heterocycles. The average molecular weight is 321 g/mol. The molecule has 0 amide bonds. The topological polar surface area (TPSA) is 59.8 Å². The molecule has 0 radical (unpaired) electrons. The fourth-order valence-electron chi connectivity index (χ4n) is 2.42. The summed E-state index contributed by atoms with van der Waals surface area (Å²) in [5, 5.41) is 11.1. The van der Waals surface area contributed by atoms with Crippen molar-refractivity contribution < 1.29 is 4.79 Å². The van der Waals surface area contributed by atoms with Crippen LogP contribution < -0.4 is 5.32 Å². The van der Waals surface area contributed by atoms with Crippen LogP contribution in [-0.4, -0.2) is 27.3 Å². The largest absolute Gasteiger partial charge is 0.385 e. The second kappa shape index (κ2) is 4.77. The molecule has 3 rings (SSSR count). The normalized spacial score (nSPS) is 13.8. The molecule has 0 bridgehead atoms. The summed E-state index contributed by atoms with van der Waals surface area (Å²) in [6, 6.07) is 5.79. The molecule has 1 aliphatic rings. The number of anilines is 1. The molecule has 1 aliphatic heterocycles. The number of carbonyl (C=O) groups is 1. The van der Waals surface area contributed by atoms with Crippen molar-refractivity contribution in [3.8, 4) is 0 Å². The van der Waals surface area contributed by atoms with Crippen molar-refractivity contribution in [2.75, 3.05) is 11.9 Å². The molecule has 0 unspecified atom stereocenters. The van der Waals surface area contributed by atoms with Gasteiger partial charge in [-0.3, -0.25) is 4.79 Å². The van der Waals surface area contributed by atoms with Gasteiger partial charge in [0.15, 0.2) is 4.60 Å². The van der Waals surface area contributed by atoms with Gasteiger partial charge in [-0.2, -0.15) is 0 Å². The Morgan fingerprint density at radius 3 is 3.05 bits per heavy atom. The number of benzene rings is 1. The first-order valence-corrected chi connectivity index (χ1v) is 6.93. The third-order valence-electron chi connectivity index (χ3n) is 3.34. The second-order valence-corrected chi connectivity index (χ2v) is 5.29. The molecule has 6 heteroatoms. The quantitative estimate of drug-likeness (QED) is 0.861. The van der Waals surface area contributed by atoms with Crippen molar-refractivity contribution in [2.24, 2.45) is 7.05 Å². The lowest BCUT2D eigenvalue weighted by Crippen LogP contribution is -2.17. The van der Waals surface area contributed by atoms with Crippen molar-refractivity contribution in [3.63, 3.8) is 0 Å². The van der Waals surface area contributed by atoms with Gasteiger partial charge in [0.2, 0.25) is 5.78 Å². The van der Waals surface area contributed by atoms with E-state index < -0.39 is 0 Å². The Morgan fingerprint density at radius 1 is 1.47 bits per heavy atom. The summed E-state index contributed by atoms with van der Waals surface area (Å²) in [7, 11) is 1.72. The summed E-state index contributed by atoms with van der Waals surface area (Å²) in [6.45, 7) is 0.960. The van der Waals surface area contributed by atoms with E-state index in [2.05, 4.69) is 31.6 Å². The first-order chi connectivity index (χ1) is 9.18. The number of nitrogens with zero attached hydrogens (tertiary/aromatic N) is 3. The van der Waals surface area contributed by atoms with Crippen LogP contribution in [0, 0.1) is 0 Å². The summed E-state index contributed by atoms with van der Waals surface area (Å²) in [5.74, 6) is -0.0417. The number of nitrogens with one attached hydrogen (secondary N) is 1. The van der Waals surface area contributed by atoms with Gasteiger partial charge >= 0.3 is 0 Å². The van der Waals surface area contributed by atoms with Crippen molar-refractivity contribution >= 4 is 27.4 Å². The Balaban J connectivity index is 2.10. The van der Waals surface area contributed by atoms with Crippen molar-refractivity contribution in [3.05, 3.63) is 39.6 Å². The van der Waals surface area contributed by atoms with E-state index in [0.29, 0.717) is 10.3 Å². The van der Waals surface area contributed by atoms with Crippen LogP contribution in [0.3, 0.4) is 0 Å². The molecular weight excluding hydrogens is 308 g/mol. The molecule has 1 N–H and O–H groups in total. The van der Waals surface area contributed by atoms with Gasteiger partial charge in [-0.05, 0) is 40.4 Å². The Morgan fingerprint density at radius 2 is 2.32 bits per heavy atom. The molecule has 0 fully saturated rings. The van der Waals surface area contributed by atoms with Crippen LogP contribution >= 0.6 is 15.9 Å². The van der Waals surface area contributed by atoms with Gasteiger partial charge in [0, 0.05) is 24.8 Å². The maximum atomic E-state index is 12.7. The fourth-order valence-corrected chi connectivity index (χ4v) is 2.93. The number of hydrogen-bond acceptors (Lipinski definition) is 4. The molecule has 2 aromatic rings. The van der Waals surface area contributed by atoms with E-state index in [1.807, 2.05) is 18.2 Å². The molecular formula is C13H13BrN4O. The highest BCUT2D eigenvalue weighted by molar-refractivity contribution is 9.10. The number of hydrogen-bond donors (Lipinski definition) is 1. The maximum Gasteiger partial charge on any atom is 0.214 e. The lowest BCUT2D eigenvalue weighted by atomic mass is 9.94. The third kappa shape index (κ3) is 2.06. The van der Waals surface area contributed by atoms with Gasteiger partial charge in [0.1, 0.15) is 5.69 Å². The first kappa shape index (κ1) is 12.3. The van der Waals surface area contributed by atoms with Gasteiger partial charge in [-0.25, -0.2) is 4.68 Å². The van der Waals surface area contributed by atoms with Gasteiger partial charge < -0.3 is 5.32 Å². The zero-order chi connectivity index (χ0) is 13.4. The van der Waals surface area contributed by atoms with Crippen molar-refractivity contribution in [1.29, 1.82) is 0 Å². The van der Waals surface area contributed by atoms with E-state index in [4.69, 9.17) is 0 Å². The SMILES string of the molecule is Cn1nnc(Br)c1C(=O)c1cccc2c1CCCN2. The highest BCUT2D eigenvalue weighted by Crippen LogP contribution is 2.28. The average Bonchev–Trinajstić information content (AvgIpc) is 2.77. The third-order valence-corrected chi connectivity index (χ3v) is 3.87. The Kier molecular flexibility index (Phi) is 3.10. The van der Waals surface area contributed by atoms with Crippen LogP contribution in [0.15, 0.2) is 22.8 Å². The smallest absolute Gasteiger partial charge is 0.214 e. The Bertz CT molecular complexity index is 631. The molecule has 1 aromatic carbocycles. The molecule has 0 spiro atoms. The summed E-state index contributed by atoms with van der Waals surface area (Å²) in [5.41, 5.74) is 3.37. The lowest BCUT2D eigenvalue weighted by Gasteiger charge is -2.20. The van der Waals surface area contributed by atoms with Gasteiger partial charge in [0.05, 0.1) is 0 Å². The van der Waals surface area contributed by atoms with Crippen LogP contribution in [0.2, 0.25) is 0 Å². The van der Waals surface area contributed by atoms with E-state index >= 15 is 0 Å². The molecule has 0 atom stereocenters. The van der Waals surface area contributed by atoms with Crippen LogP contribution in [0.1, 0.15) is 28.0 Å². The monoisotopic (exact) mass is 320 g/mol. The van der Waals surface area contributed by atoms with Crippen LogP contribution in [0.25, 0.3) is 0 Å². The number of rotatable bonds is 2. The summed E-state index contributed by atoms with van der Waals surface area (Å²) < 4.78 is 1.99. The molecule has 0 saturated carbocycles. The van der Waals surface area contributed by atoms with Gasteiger partial charge in [-0.15, -0.1) is 5.10 Å². The summed E-state index contributed by atoms with van der Waals surface area (Å²) in [4.78, 5) is 12.7. The first-order valence-electron chi connectivity index (χ1n) is 6.14. The summed E-state index contributed by atoms with van der Waals surface area (Å²) >= 11 is 3.28. The Labute approximate surface area is 119 Å². The maximum absolute atomic E-state index is 12.7. The van der Waals surface area contributed by atoms with Crippen LogP contribution in [0.5, 0.6) is 0 Å². The second-order valence-electron chi connectivity index (χ2n) is 4.54. The minimum atomic E-state index is -0.0417. The minimum Gasteiger partial charge on any atom is -0.385 e. The number of ketones is 1. The number of aromatic nitrogens is 3. The standard InChI is InChI=1S/C13H13BrN4O/c1-18-11(13(14)16-17-18)12(19)9-4-2-6-10-8(9)5-3-7-15-10/h2,4,6,15H,3,5,7H2,1H3. The van der Waals surface area contributed by atoms with Crippen molar-refractivity contribution in [1.82, 2.24) is 15.0 Å². The Hall–Kier alpha value is -1.69. The van der Waals surface area contributed by atoms with E-state index in [1.165, 1.54) is 4.68 Å². The number of aryl methyl sites for hydroxylation is 1. The highest BCUT2D eigenvalue weighted by atomic mass is 79.9. The number of halogens is 1. The van der Waals surface area contributed by atoms with E-state index in [-0.39, 0.29) is 5.78 Å². The van der Waals surface area contributed by atoms with E-state index in [9.17, 15) is 4.79 Å². The van der Waals surface area contributed by atoms with Crippen molar-refractivity contribution in [2.45, 2.75) is 12.8 Å². The molecule has 0 aliphatic carbocycles.